The SMILES string of the molecule is Cc1cc(Br)c2c(c1)n(C1CCC(=O)NC1=O)c(=O)n2C. The van der Waals surface area contributed by atoms with Gasteiger partial charge in [-0.1, -0.05) is 0 Å². The zero-order valence-corrected chi connectivity index (χ0v) is 13.2. The van der Waals surface area contributed by atoms with Crippen LogP contribution < -0.4 is 11.0 Å². The van der Waals surface area contributed by atoms with Gasteiger partial charge in [-0.25, -0.2) is 4.79 Å². The standard InChI is InChI=1S/C14H14BrN3O3/c1-7-5-8(15)12-10(6-7)18(14(21)17(12)2)9-3-4-11(19)16-13(9)20/h5-6,9H,3-4H2,1-2H3,(H,16,19,20). The molecule has 2 aromatic rings. The number of hydrogen-bond acceptors (Lipinski definition) is 3. The van der Waals surface area contributed by atoms with E-state index in [2.05, 4.69) is 21.2 Å². The van der Waals surface area contributed by atoms with Crippen LogP contribution in [0.1, 0.15) is 24.4 Å². The third-order valence-electron chi connectivity index (χ3n) is 3.80. The molecule has 0 aliphatic carbocycles. The first-order valence-electron chi connectivity index (χ1n) is 6.61. The van der Waals surface area contributed by atoms with Gasteiger partial charge in [-0.05, 0) is 47.0 Å². The molecule has 1 fully saturated rings. The summed E-state index contributed by atoms with van der Waals surface area (Å²) in [6.45, 7) is 1.93. The van der Waals surface area contributed by atoms with E-state index in [0.29, 0.717) is 11.9 Å². The summed E-state index contributed by atoms with van der Waals surface area (Å²) in [6.07, 6.45) is 0.585. The number of imidazole rings is 1. The molecule has 0 saturated carbocycles. The van der Waals surface area contributed by atoms with Crippen molar-refractivity contribution < 1.29 is 9.59 Å². The van der Waals surface area contributed by atoms with Crippen LogP contribution in [0.5, 0.6) is 0 Å². The van der Waals surface area contributed by atoms with E-state index in [4.69, 9.17) is 0 Å². The molecule has 2 amide bonds. The Morgan fingerprint density at radius 2 is 2.00 bits per heavy atom. The summed E-state index contributed by atoms with van der Waals surface area (Å²) >= 11 is 3.47. The van der Waals surface area contributed by atoms with Crippen molar-refractivity contribution in [2.24, 2.45) is 7.05 Å². The molecule has 1 atom stereocenters. The molecule has 7 heteroatoms. The summed E-state index contributed by atoms with van der Waals surface area (Å²) < 4.78 is 3.81. The fourth-order valence-electron chi connectivity index (χ4n) is 2.82. The van der Waals surface area contributed by atoms with E-state index in [1.54, 1.807) is 7.05 Å². The number of rotatable bonds is 1. The molecule has 21 heavy (non-hydrogen) atoms. The van der Waals surface area contributed by atoms with Gasteiger partial charge < -0.3 is 0 Å². The minimum atomic E-state index is -0.646. The van der Waals surface area contributed by atoms with E-state index < -0.39 is 11.9 Å². The van der Waals surface area contributed by atoms with Crippen molar-refractivity contribution in [1.29, 1.82) is 0 Å². The average molecular weight is 352 g/mol. The van der Waals surface area contributed by atoms with Crippen LogP contribution in [-0.4, -0.2) is 20.9 Å². The summed E-state index contributed by atoms with van der Waals surface area (Å²) in [5.41, 5.74) is 2.17. The van der Waals surface area contributed by atoms with Crippen molar-refractivity contribution in [2.75, 3.05) is 0 Å². The lowest BCUT2D eigenvalue weighted by Gasteiger charge is -2.22. The van der Waals surface area contributed by atoms with Gasteiger partial charge in [0.25, 0.3) is 0 Å². The highest BCUT2D eigenvalue weighted by Crippen LogP contribution is 2.28. The number of carbonyl (C=O) groups excluding carboxylic acids is 2. The Balaban J connectivity index is 2.28. The van der Waals surface area contributed by atoms with E-state index in [1.807, 2.05) is 19.1 Å². The summed E-state index contributed by atoms with van der Waals surface area (Å²) in [5, 5.41) is 2.30. The molecule has 1 aliphatic heterocycles. The number of nitrogens with zero attached hydrogens (tertiary/aromatic N) is 2. The Hall–Kier alpha value is -1.89. The summed E-state index contributed by atoms with van der Waals surface area (Å²) in [4.78, 5) is 35.9. The van der Waals surface area contributed by atoms with Crippen molar-refractivity contribution >= 4 is 38.8 Å². The predicted molar refractivity (Wildman–Crippen MR) is 81.0 cm³/mol. The quantitative estimate of drug-likeness (QED) is 0.789. The van der Waals surface area contributed by atoms with E-state index >= 15 is 0 Å². The smallest absolute Gasteiger partial charge is 0.295 e. The van der Waals surface area contributed by atoms with Crippen LogP contribution in [0.3, 0.4) is 0 Å². The monoisotopic (exact) mass is 351 g/mol. The van der Waals surface area contributed by atoms with Gasteiger partial charge in [-0.2, -0.15) is 0 Å². The zero-order chi connectivity index (χ0) is 15.3. The maximum absolute atomic E-state index is 12.5. The highest BCUT2D eigenvalue weighted by atomic mass is 79.9. The highest BCUT2D eigenvalue weighted by Gasteiger charge is 2.31. The number of imide groups is 1. The molecule has 2 heterocycles. The molecule has 1 aromatic carbocycles. The molecule has 3 rings (SSSR count). The number of aromatic nitrogens is 2. The van der Waals surface area contributed by atoms with Crippen LogP contribution in [0.25, 0.3) is 11.0 Å². The first kappa shape index (κ1) is 14.1. The van der Waals surface area contributed by atoms with Crippen molar-refractivity contribution in [3.63, 3.8) is 0 Å². The van der Waals surface area contributed by atoms with Crippen LogP contribution in [0, 0.1) is 6.92 Å². The number of halogens is 1. The highest BCUT2D eigenvalue weighted by molar-refractivity contribution is 9.10. The van der Waals surface area contributed by atoms with Gasteiger partial charge in [0.1, 0.15) is 6.04 Å². The molecule has 0 spiro atoms. The second-order valence-electron chi connectivity index (χ2n) is 5.29. The van der Waals surface area contributed by atoms with Crippen LogP contribution in [0.2, 0.25) is 0 Å². The van der Waals surface area contributed by atoms with Gasteiger partial charge in [0.05, 0.1) is 11.0 Å². The third kappa shape index (κ3) is 2.12. The fraction of sp³-hybridized carbons (Fsp3) is 0.357. The lowest BCUT2D eigenvalue weighted by atomic mass is 10.1. The van der Waals surface area contributed by atoms with Gasteiger partial charge in [0, 0.05) is 17.9 Å². The van der Waals surface area contributed by atoms with Crippen LogP contribution in [0.4, 0.5) is 0 Å². The third-order valence-corrected chi connectivity index (χ3v) is 4.40. The molecular weight excluding hydrogens is 338 g/mol. The number of piperidine rings is 1. The minimum absolute atomic E-state index is 0.242. The number of benzene rings is 1. The molecule has 0 radical (unpaired) electrons. The van der Waals surface area contributed by atoms with Gasteiger partial charge >= 0.3 is 5.69 Å². The van der Waals surface area contributed by atoms with E-state index in [0.717, 1.165) is 15.6 Å². The second kappa shape index (κ2) is 4.84. The number of fused-ring (bicyclic) bond motifs is 1. The molecule has 1 aromatic heterocycles. The van der Waals surface area contributed by atoms with Crippen LogP contribution >= 0.6 is 15.9 Å². The van der Waals surface area contributed by atoms with Gasteiger partial charge in [-0.15, -0.1) is 0 Å². The van der Waals surface area contributed by atoms with Crippen LogP contribution in [0.15, 0.2) is 21.4 Å². The first-order chi connectivity index (χ1) is 9.90. The molecule has 1 aliphatic rings. The summed E-state index contributed by atoms with van der Waals surface area (Å²) in [7, 11) is 1.67. The maximum Gasteiger partial charge on any atom is 0.329 e. The molecular formula is C14H14BrN3O3. The summed E-state index contributed by atoms with van der Waals surface area (Å²) in [5.74, 6) is -0.708. The topological polar surface area (TPSA) is 73.1 Å². The number of amides is 2. The van der Waals surface area contributed by atoms with E-state index in [-0.39, 0.29) is 18.0 Å². The van der Waals surface area contributed by atoms with Gasteiger partial charge in [-0.3, -0.25) is 24.0 Å². The number of aryl methyl sites for hydroxylation is 2. The summed E-state index contributed by atoms with van der Waals surface area (Å²) in [6, 6.07) is 3.16. The van der Waals surface area contributed by atoms with Crippen molar-refractivity contribution in [3.8, 4) is 0 Å². The fourth-order valence-corrected chi connectivity index (χ4v) is 3.65. The molecule has 0 bridgehead atoms. The van der Waals surface area contributed by atoms with E-state index in [1.165, 1.54) is 9.13 Å². The largest absolute Gasteiger partial charge is 0.329 e. The maximum atomic E-state index is 12.5. The lowest BCUT2D eigenvalue weighted by Crippen LogP contribution is -2.44. The number of nitrogens with one attached hydrogen (secondary N) is 1. The Labute approximate surface area is 128 Å². The molecule has 1 unspecified atom stereocenters. The molecule has 6 nitrogen and oxygen atoms in total. The van der Waals surface area contributed by atoms with Gasteiger partial charge in [0.2, 0.25) is 11.8 Å². The molecule has 1 saturated heterocycles. The van der Waals surface area contributed by atoms with Gasteiger partial charge in [0.15, 0.2) is 0 Å². The molecule has 110 valence electrons. The van der Waals surface area contributed by atoms with Crippen molar-refractivity contribution in [2.45, 2.75) is 25.8 Å². The molecule has 1 N–H and O–H groups in total. The Kier molecular flexibility index (Phi) is 3.24. The van der Waals surface area contributed by atoms with Crippen molar-refractivity contribution in [1.82, 2.24) is 14.5 Å². The van der Waals surface area contributed by atoms with E-state index in [9.17, 15) is 14.4 Å². The predicted octanol–water partition coefficient (Wildman–Crippen LogP) is 1.39. The average Bonchev–Trinajstić information content (AvgIpc) is 2.63. The number of carbonyl (C=O) groups is 2. The Morgan fingerprint density at radius 3 is 2.67 bits per heavy atom. The normalized spacial score (nSPS) is 19.1. The minimum Gasteiger partial charge on any atom is -0.295 e. The van der Waals surface area contributed by atoms with Crippen molar-refractivity contribution in [3.05, 3.63) is 32.7 Å². The Morgan fingerprint density at radius 1 is 1.29 bits per heavy atom. The number of hydrogen-bond donors (Lipinski definition) is 1. The second-order valence-corrected chi connectivity index (χ2v) is 6.15. The Bertz CT molecular complexity index is 834. The first-order valence-corrected chi connectivity index (χ1v) is 7.40. The van der Waals surface area contributed by atoms with Crippen LogP contribution in [-0.2, 0) is 16.6 Å². The zero-order valence-electron chi connectivity index (χ0n) is 11.6. The lowest BCUT2D eigenvalue weighted by molar-refractivity contribution is -0.135.